The van der Waals surface area contributed by atoms with Gasteiger partial charge in [-0.1, -0.05) is 12.8 Å². The molecule has 2 amide bonds. The van der Waals surface area contributed by atoms with Gasteiger partial charge in [0.05, 0.1) is 30.2 Å². The van der Waals surface area contributed by atoms with E-state index in [2.05, 4.69) is 10.3 Å². The van der Waals surface area contributed by atoms with E-state index in [-0.39, 0.29) is 23.7 Å². The third-order valence-electron chi connectivity index (χ3n) is 9.24. The number of urea groups is 1. The lowest BCUT2D eigenvalue weighted by Gasteiger charge is -2.53. The minimum atomic E-state index is -1.15. The van der Waals surface area contributed by atoms with Crippen LogP contribution in [-0.4, -0.2) is 68.8 Å². The van der Waals surface area contributed by atoms with Gasteiger partial charge in [0.2, 0.25) is 0 Å². The predicted molar refractivity (Wildman–Crippen MR) is 137 cm³/mol. The molecule has 0 bridgehead atoms. The Morgan fingerprint density at radius 2 is 1.92 bits per heavy atom. The van der Waals surface area contributed by atoms with Crippen molar-refractivity contribution in [3.05, 3.63) is 63.8 Å². The molecule has 2 aliphatic heterocycles. The number of nitrogens with one attached hydrogen (secondary N) is 1. The van der Waals surface area contributed by atoms with Crippen LogP contribution in [0.5, 0.6) is 0 Å². The number of hydrogen-bond donors (Lipinski definition) is 2. The number of benzene rings is 1. The van der Waals surface area contributed by atoms with Gasteiger partial charge < -0.3 is 20.2 Å². The number of amides is 2. The average molecular weight is 528 g/mol. The number of aromatic nitrogens is 2. The van der Waals surface area contributed by atoms with Gasteiger partial charge in [0.15, 0.2) is 0 Å². The lowest BCUT2D eigenvalue weighted by Crippen LogP contribution is -2.64. The van der Waals surface area contributed by atoms with E-state index in [0.717, 1.165) is 56.4 Å². The van der Waals surface area contributed by atoms with Gasteiger partial charge in [0.1, 0.15) is 11.6 Å². The molecule has 3 heterocycles. The van der Waals surface area contributed by atoms with Gasteiger partial charge >= 0.3 is 6.03 Å². The monoisotopic (exact) mass is 527 g/mol. The first kappa shape index (κ1) is 25.4. The van der Waals surface area contributed by atoms with Crippen molar-refractivity contribution in [2.45, 2.75) is 69.1 Å². The quantitative estimate of drug-likeness (QED) is 0.638. The maximum absolute atomic E-state index is 14.7. The fourth-order valence-electron chi connectivity index (χ4n) is 6.87. The Balaban J connectivity index is 1.24. The summed E-state index contributed by atoms with van der Waals surface area (Å²) >= 11 is 0. The van der Waals surface area contributed by atoms with E-state index in [1.165, 1.54) is 10.6 Å². The molecule has 4 fully saturated rings. The van der Waals surface area contributed by atoms with Crippen LogP contribution in [0.3, 0.4) is 0 Å². The van der Waals surface area contributed by atoms with Gasteiger partial charge in [-0.05, 0) is 50.3 Å². The third-order valence-corrected chi connectivity index (χ3v) is 9.24. The molecule has 2 N–H and O–H groups in total. The minimum absolute atomic E-state index is 0.149. The minimum Gasteiger partial charge on any atom is -0.387 e. The van der Waals surface area contributed by atoms with Gasteiger partial charge in [-0.15, -0.1) is 0 Å². The molecule has 4 aliphatic rings. The van der Waals surface area contributed by atoms with Crippen LogP contribution < -0.4 is 10.9 Å². The molecule has 8 nitrogen and oxygen atoms in total. The predicted octanol–water partition coefficient (Wildman–Crippen LogP) is 3.16. The summed E-state index contributed by atoms with van der Waals surface area (Å²) in [5, 5.41) is 15.3. The third kappa shape index (κ3) is 4.51. The number of halogens is 2. The van der Waals surface area contributed by atoms with Gasteiger partial charge in [-0.3, -0.25) is 9.36 Å². The topological polar surface area (TPSA) is 90.7 Å². The number of likely N-dealkylation sites (tertiary alicyclic amines) is 1. The molecule has 1 spiro atoms. The number of nitrogens with zero attached hydrogens (tertiary/aromatic N) is 4. The molecule has 2 aliphatic carbocycles. The zero-order valence-electron chi connectivity index (χ0n) is 21.5. The number of hydrogen-bond acceptors (Lipinski definition) is 5. The zero-order chi connectivity index (χ0) is 26.5. The van der Waals surface area contributed by atoms with E-state index in [1.807, 2.05) is 0 Å². The number of aliphatic hydroxyl groups is 1. The Bertz CT molecular complexity index is 1280. The van der Waals surface area contributed by atoms with E-state index >= 15 is 0 Å². The van der Waals surface area contributed by atoms with E-state index in [9.17, 15) is 23.5 Å². The molecule has 1 aromatic heterocycles. The Morgan fingerprint density at radius 3 is 2.66 bits per heavy atom. The van der Waals surface area contributed by atoms with Crippen LogP contribution in [0.4, 0.5) is 13.6 Å². The number of rotatable bonds is 4. The highest BCUT2D eigenvalue weighted by Gasteiger charge is 2.56. The molecule has 6 rings (SSSR count). The van der Waals surface area contributed by atoms with Crippen LogP contribution in [0.25, 0.3) is 0 Å². The largest absolute Gasteiger partial charge is 0.387 e. The maximum atomic E-state index is 14.7. The molecule has 204 valence electrons. The lowest BCUT2D eigenvalue weighted by atomic mass is 9.66. The molecule has 0 radical (unpaired) electrons. The summed E-state index contributed by atoms with van der Waals surface area (Å²) in [5.41, 5.74) is -0.846. The van der Waals surface area contributed by atoms with Crippen molar-refractivity contribution in [3.8, 4) is 0 Å². The summed E-state index contributed by atoms with van der Waals surface area (Å²) in [6.07, 6.45) is 7.44. The number of carbonyl (C=O) groups excluding carboxylic acids is 1. The molecule has 2 aromatic rings. The SMILES string of the molecule is O=C(N1CC[C@@](O)(Cn2cnc(C3CC3)cc2=O)C2(CCCC2)C1)N1CCNC[C@H]1c1cc(F)ccc1F. The highest BCUT2D eigenvalue weighted by molar-refractivity contribution is 5.75. The molecule has 2 saturated carbocycles. The van der Waals surface area contributed by atoms with E-state index in [0.29, 0.717) is 45.1 Å². The van der Waals surface area contributed by atoms with Crippen molar-refractivity contribution in [1.82, 2.24) is 24.7 Å². The van der Waals surface area contributed by atoms with Gasteiger partial charge in [0, 0.05) is 55.7 Å². The summed E-state index contributed by atoms with van der Waals surface area (Å²) in [5.74, 6) is -0.697. The molecular weight excluding hydrogens is 492 g/mol. The zero-order valence-corrected chi connectivity index (χ0v) is 21.5. The van der Waals surface area contributed by atoms with Crippen molar-refractivity contribution in [2.24, 2.45) is 5.41 Å². The highest BCUT2D eigenvalue weighted by atomic mass is 19.1. The van der Waals surface area contributed by atoms with E-state index < -0.39 is 28.7 Å². The second-order valence-electron chi connectivity index (χ2n) is 11.6. The molecule has 2 saturated heterocycles. The Kier molecular flexibility index (Phi) is 6.50. The van der Waals surface area contributed by atoms with E-state index in [1.54, 1.807) is 22.2 Å². The van der Waals surface area contributed by atoms with E-state index in [4.69, 9.17) is 0 Å². The summed E-state index contributed by atoms with van der Waals surface area (Å²) in [6.45, 7) is 2.11. The summed E-state index contributed by atoms with van der Waals surface area (Å²) < 4.78 is 30.2. The molecular formula is C28H35F2N5O3. The van der Waals surface area contributed by atoms with Gasteiger partial charge in [0.25, 0.3) is 5.56 Å². The first-order valence-corrected chi connectivity index (χ1v) is 13.8. The number of piperidine rings is 1. The smallest absolute Gasteiger partial charge is 0.320 e. The van der Waals surface area contributed by atoms with Crippen molar-refractivity contribution in [2.75, 3.05) is 32.7 Å². The van der Waals surface area contributed by atoms with Crippen LogP contribution in [0, 0.1) is 17.0 Å². The standard InChI is InChI=1S/C28H35F2N5O3/c29-20-5-6-22(30)21(13-20)24-15-31-10-12-35(24)26(37)33-11-9-28(38,27(16-33)7-1-2-8-27)17-34-18-32-23(14-25(34)36)19-3-4-19/h5-6,13-14,18-19,24,31,38H,1-4,7-12,15-17H2/t24-,28+/m0/s1. The molecule has 1 aromatic carbocycles. The first-order chi connectivity index (χ1) is 18.3. The summed E-state index contributed by atoms with van der Waals surface area (Å²) in [6, 6.07) is 4.10. The molecule has 2 atom stereocenters. The maximum Gasteiger partial charge on any atom is 0.320 e. The van der Waals surface area contributed by atoms with Crippen molar-refractivity contribution in [1.29, 1.82) is 0 Å². The second-order valence-corrected chi connectivity index (χ2v) is 11.6. The highest BCUT2D eigenvalue weighted by Crippen LogP contribution is 2.52. The summed E-state index contributed by atoms with van der Waals surface area (Å²) in [4.78, 5) is 34.6. The lowest BCUT2D eigenvalue weighted by molar-refractivity contribution is -0.137. The van der Waals surface area contributed by atoms with Crippen LogP contribution in [0.2, 0.25) is 0 Å². The number of carbonyl (C=O) groups is 1. The van der Waals surface area contributed by atoms with Gasteiger partial charge in [-0.25, -0.2) is 18.6 Å². The van der Waals surface area contributed by atoms with Crippen LogP contribution in [0.15, 0.2) is 35.4 Å². The Labute approximate surface area is 220 Å². The Hall–Kier alpha value is -2.85. The average Bonchev–Trinajstić information content (AvgIpc) is 3.66. The van der Waals surface area contributed by atoms with Crippen LogP contribution in [0.1, 0.15) is 68.2 Å². The van der Waals surface area contributed by atoms with Crippen LogP contribution in [-0.2, 0) is 6.54 Å². The molecule has 38 heavy (non-hydrogen) atoms. The second kappa shape index (κ2) is 9.72. The van der Waals surface area contributed by atoms with Crippen molar-refractivity contribution >= 4 is 6.03 Å². The molecule has 10 heteroatoms. The molecule has 0 unspecified atom stereocenters. The summed E-state index contributed by atoms with van der Waals surface area (Å²) in [7, 11) is 0. The first-order valence-electron chi connectivity index (χ1n) is 13.8. The number of piperazine rings is 1. The van der Waals surface area contributed by atoms with Crippen molar-refractivity contribution < 1.29 is 18.7 Å². The van der Waals surface area contributed by atoms with Gasteiger partial charge in [-0.2, -0.15) is 0 Å². The Morgan fingerprint density at radius 1 is 1.13 bits per heavy atom. The fourth-order valence-corrected chi connectivity index (χ4v) is 6.87. The normalized spacial score (nSPS) is 27.2. The van der Waals surface area contributed by atoms with Crippen LogP contribution >= 0.6 is 0 Å². The fraction of sp³-hybridized carbons (Fsp3) is 0.607. The van der Waals surface area contributed by atoms with Crippen molar-refractivity contribution in [3.63, 3.8) is 0 Å².